The SMILES string of the molecule is CCCCCN(CC(=O)N(CCc1ccccc1)Cc1ccc(C)o1)Cc1cccc(C(=O)OC)c1. The second kappa shape index (κ2) is 14.2. The topological polar surface area (TPSA) is 63.0 Å². The van der Waals surface area contributed by atoms with E-state index in [-0.39, 0.29) is 11.9 Å². The van der Waals surface area contributed by atoms with E-state index in [1.165, 1.54) is 12.7 Å². The summed E-state index contributed by atoms with van der Waals surface area (Å²) in [7, 11) is 1.38. The Labute approximate surface area is 214 Å². The highest BCUT2D eigenvalue weighted by Gasteiger charge is 2.20. The number of methoxy groups -OCH3 is 1. The first kappa shape index (κ1) is 27.2. The van der Waals surface area contributed by atoms with E-state index in [1.807, 2.05) is 60.4 Å². The summed E-state index contributed by atoms with van der Waals surface area (Å²) in [4.78, 5) is 29.7. The summed E-state index contributed by atoms with van der Waals surface area (Å²) in [5.41, 5.74) is 2.71. The molecule has 0 aliphatic heterocycles. The molecule has 0 N–H and O–H groups in total. The molecule has 0 aliphatic carbocycles. The van der Waals surface area contributed by atoms with Crippen LogP contribution in [0.3, 0.4) is 0 Å². The number of hydrogen-bond acceptors (Lipinski definition) is 5. The molecule has 6 heteroatoms. The highest BCUT2D eigenvalue weighted by molar-refractivity contribution is 5.89. The number of ether oxygens (including phenoxy) is 1. The molecule has 0 saturated heterocycles. The molecule has 0 fully saturated rings. The zero-order valence-electron chi connectivity index (χ0n) is 21.7. The van der Waals surface area contributed by atoms with Crippen LogP contribution < -0.4 is 0 Å². The molecule has 0 atom stereocenters. The van der Waals surface area contributed by atoms with E-state index < -0.39 is 0 Å². The predicted molar refractivity (Wildman–Crippen MR) is 142 cm³/mol. The van der Waals surface area contributed by atoms with Gasteiger partial charge in [-0.25, -0.2) is 4.79 Å². The van der Waals surface area contributed by atoms with E-state index in [2.05, 4.69) is 24.0 Å². The zero-order valence-corrected chi connectivity index (χ0v) is 21.7. The number of amides is 1. The van der Waals surface area contributed by atoms with Crippen molar-refractivity contribution in [1.82, 2.24) is 9.80 Å². The van der Waals surface area contributed by atoms with Crippen molar-refractivity contribution in [3.63, 3.8) is 0 Å². The van der Waals surface area contributed by atoms with E-state index in [0.29, 0.717) is 31.7 Å². The summed E-state index contributed by atoms with van der Waals surface area (Å²) >= 11 is 0. The predicted octanol–water partition coefficient (Wildman–Crippen LogP) is 5.64. The van der Waals surface area contributed by atoms with Crippen LogP contribution in [0.25, 0.3) is 0 Å². The van der Waals surface area contributed by atoms with Gasteiger partial charge in [-0.1, -0.05) is 62.2 Å². The van der Waals surface area contributed by atoms with E-state index >= 15 is 0 Å². The van der Waals surface area contributed by atoms with Crippen LogP contribution in [0.5, 0.6) is 0 Å². The third-order valence-electron chi connectivity index (χ3n) is 6.20. The van der Waals surface area contributed by atoms with E-state index in [9.17, 15) is 9.59 Å². The van der Waals surface area contributed by atoms with Gasteiger partial charge >= 0.3 is 5.97 Å². The molecule has 1 aromatic heterocycles. The Balaban J connectivity index is 1.73. The van der Waals surface area contributed by atoms with Gasteiger partial charge in [-0.3, -0.25) is 9.69 Å². The van der Waals surface area contributed by atoms with Crippen molar-refractivity contribution < 1.29 is 18.7 Å². The summed E-state index contributed by atoms with van der Waals surface area (Å²) in [6, 6.07) is 21.5. The van der Waals surface area contributed by atoms with Crippen LogP contribution >= 0.6 is 0 Å². The van der Waals surface area contributed by atoms with Gasteiger partial charge in [0.05, 0.1) is 25.8 Å². The van der Waals surface area contributed by atoms with Gasteiger partial charge in [0.25, 0.3) is 0 Å². The first-order valence-corrected chi connectivity index (χ1v) is 12.7. The van der Waals surface area contributed by atoms with E-state index in [4.69, 9.17) is 9.15 Å². The maximum Gasteiger partial charge on any atom is 0.337 e. The number of carbonyl (C=O) groups is 2. The van der Waals surface area contributed by atoms with E-state index in [0.717, 1.165) is 49.3 Å². The molecule has 3 rings (SSSR count). The van der Waals surface area contributed by atoms with Crippen molar-refractivity contribution in [3.05, 3.63) is 94.9 Å². The monoisotopic (exact) mass is 490 g/mol. The number of rotatable bonds is 14. The lowest BCUT2D eigenvalue weighted by molar-refractivity contribution is -0.133. The summed E-state index contributed by atoms with van der Waals surface area (Å²) < 4.78 is 10.7. The Morgan fingerprint density at radius 2 is 1.67 bits per heavy atom. The number of nitrogens with zero attached hydrogens (tertiary/aromatic N) is 2. The highest BCUT2D eigenvalue weighted by atomic mass is 16.5. The summed E-state index contributed by atoms with van der Waals surface area (Å²) in [6.45, 7) is 6.86. The molecular formula is C30H38N2O4. The molecule has 0 radical (unpaired) electrons. The maximum atomic E-state index is 13.6. The molecule has 0 spiro atoms. The molecule has 1 heterocycles. The van der Waals surface area contributed by atoms with Crippen LogP contribution in [-0.2, 0) is 29.0 Å². The van der Waals surface area contributed by atoms with Crippen molar-refractivity contribution in [3.8, 4) is 0 Å². The summed E-state index contributed by atoms with van der Waals surface area (Å²) in [6.07, 6.45) is 4.02. The molecule has 1 amide bonds. The number of hydrogen-bond donors (Lipinski definition) is 0. The Hall–Kier alpha value is -3.38. The van der Waals surface area contributed by atoms with Crippen LogP contribution in [-0.4, -0.2) is 48.4 Å². The number of aryl methyl sites for hydroxylation is 1. The standard InChI is InChI=1S/C30H38N2O4/c1-4-5-9-18-31(21-26-13-10-14-27(20-26)30(34)35-3)23-29(33)32(22-28-16-15-24(2)36-28)19-17-25-11-7-6-8-12-25/h6-8,10-16,20H,4-5,9,17-19,21-23H2,1-3H3. The molecule has 192 valence electrons. The Kier molecular flexibility index (Phi) is 10.8. The fraction of sp³-hybridized carbons (Fsp3) is 0.400. The second-order valence-electron chi connectivity index (χ2n) is 9.17. The lowest BCUT2D eigenvalue weighted by atomic mass is 10.1. The van der Waals surface area contributed by atoms with Gasteiger partial charge < -0.3 is 14.1 Å². The number of esters is 1. The molecule has 36 heavy (non-hydrogen) atoms. The largest absolute Gasteiger partial charge is 0.465 e. The third kappa shape index (κ3) is 8.68. The Morgan fingerprint density at radius 1 is 0.889 bits per heavy atom. The molecule has 3 aromatic rings. The fourth-order valence-electron chi connectivity index (χ4n) is 4.22. The van der Waals surface area contributed by atoms with Gasteiger partial charge in [-0.05, 0) is 61.7 Å². The zero-order chi connectivity index (χ0) is 25.8. The van der Waals surface area contributed by atoms with Crippen molar-refractivity contribution in [2.45, 2.75) is 52.6 Å². The van der Waals surface area contributed by atoms with Crippen LogP contribution in [0.2, 0.25) is 0 Å². The Morgan fingerprint density at radius 3 is 2.36 bits per heavy atom. The van der Waals surface area contributed by atoms with Gasteiger partial charge in [-0.15, -0.1) is 0 Å². The van der Waals surface area contributed by atoms with Gasteiger partial charge in [0.1, 0.15) is 11.5 Å². The second-order valence-corrected chi connectivity index (χ2v) is 9.17. The maximum absolute atomic E-state index is 13.6. The highest BCUT2D eigenvalue weighted by Crippen LogP contribution is 2.14. The number of benzene rings is 2. The van der Waals surface area contributed by atoms with Crippen LogP contribution in [0, 0.1) is 6.92 Å². The molecule has 0 saturated carbocycles. The molecule has 0 unspecified atom stereocenters. The molecule has 2 aromatic carbocycles. The lowest BCUT2D eigenvalue weighted by Crippen LogP contribution is -2.41. The van der Waals surface area contributed by atoms with Gasteiger partial charge in [0, 0.05) is 13.1 Å². The van der Waals surface area contributed by atoms with Gasteiger partial charge in [0.15, 0.2) is 0 Å². The lowest BCUT2D eigenvalue weighted by Gasteiger charge is -2.27. The average molecular weight is 491 g/mol. The molecule has 0 bridgehead atoms. The first-order chi connectivity index (χ1) is 17.5. The van der Waals surface area contributed by atoms with Crippen LogP contribution in [0.4, 0.5) is 0 Å². The minimum Gasteiger partial charge on any atom is -0.465 e. The smallest absolute Gasteiger partial charge is 0.337 e. The molecular weight excluding hydrogens is 452 g/mol. The summed E-state index contributed by atoms with van der Waals surface area (Å²) in [5, 5.41) is 0. The summed E-state index contributed by atoms with van der Waals surface area (Å²) in [5.74, 6) is 1.34. The fourth-order valence-corrected chi connectivity index (χ4v) is 4.22. The van der Waals surface area contributed by atoms with E-state index in [1.54, 1.807) is 6.07 Å². The quantitative estimate of drug-likeness (QED) is 0.216. The van der Waals surface area contributed by atoms with Crippen molar-refractivity contribution >= 4 is 11.9 Å². The van der Waals surface area contributed by atoms with Crippen LogP contribution in [0.15, 0.2) is 71.1 Å². The Bertz CT molecular complexity index is 1090. The number of unbranched alkanes of at least 4 members (excludes halogenated alkanes) is 2. The van der Waals surface area contributed by atoms with Crippen molar-refractivity contribution in [1.29, 1.82) is 0 Å². The normalized spacial score (nSPS) is 11.0. The van der Waals surface area contributed by atoms with Gasteiger partial charge in [-0.2, -0.15) is 0 Å². The van der Waals surface area contributed by atoms with Crippen LogP contribution in [0.1, 0.15) is 59.2 Å². The minimum atomic E-state index is -0.355. The molecule has 6 nitrogen and oxygen atoms in total. The minimum absolute atomic E-state index is 0.0700. The van der Waals surface area contributed by atoms with Crippen molar-refractivity contribution in [2.75, 3.05) is 26.7 Å². The number of furan rings is 1. The first-order valence-electron chi connectivity index (χ1n) is 12.7. The van der Waals surface area contributed by atoms with Crippen molar-refractivity contribution in [2.24, 2.45) is 0 Å². The van der Waals surface area contributed by atoms with Gasteiger partial charge in [0.2, 0.25) is 5.91 Å². The molecule has 0 aliphatic rings. The third-order valence-corrected chi connectivity index (χ3v) is 6.20. The number of carbonyl (C=O) groups excluding carboxylic acids is 2. The average Bonchev–Trinajstić information content (AvgIpc) is 3.31.